The van der Waals surface area contributed by atoms with Crippen LogP contribution in [0.1, 0.15) is 13.3 Å². The number of sulfonamides is 1. The second kappa shape index (κ2) is 6.34. The molecule has 0 N–H and O–H groups in total. The fourth-order valence-electron chi connectivity index (χ4n) is 1.09. The maximum Gasteiger partial charge on any atom is 0.252 e. The molecule has 98 valence electrons. The molecule has 1 atom stereocenters. The van der Waals surface area contributed by atoms with Crippen molar-refractivity contribution in [3.05, 3.63) is 14.9 Å². The molecule has 1 rings (SSSR count). The summed E-state index contributed by atoms with van der Waals surface area (Å²) < 4.78 is 26.6. The molecule has 0 saturated heterocycles. The highest BCUT2D eigenvalue weighted by Crippen LogP contribution is 2.35. The Morgan fingerprint density at radius 1 is 1.59 bits per heavy atom. The number of thiophene rings is 1. The van der Waals surface area contributed by atoms with Crippen LogP contribution in [-0.2, 0) is 10.0 Å². The number of hydrogen-bond donors (Lipinski definition) is 0. The zero-order valence-electron chi connectivity index (χ0n) is 9.28. The van der Waals surface area contributed by atoms with Gasteiger partial charge < -0.3 is 0 Å². The second-order valence-corrected chi connectivity index (χ2v) is 10.2. The number of nitrogens with zero attached hydrogens (tertiary/aromatic N) is 1. The summed E-state index contributed by atoms with van der Waals surface area (Å²) in [5, 5.41) is 0.427. The van der Waals surface area contributed by atoms with Gasteiger partial charge in [-0.3, -0.25) is 0 Å². The molecule has 0 radical (unpaired) electrons. The first-order chi connectivity index (χ1) is 7.75. The summed E-state index contributed by atoms with van der Waals surface area (Å²) in [5.74, 6) is 0. The summed E-state index contributed by atoms with van der Waals surface area (Å²) in [6.45, 7) is 2.46. The lowest BCUT2D eigenvalue weighted by Gasteiger charge is -2.16. The monoisotopic (exact) mass is 423 g/mol. The van der Waals surface area contributed by atoms with Crippen molar-refractivity contribution in [2.45, 2.75) is 22.4 Å². The summed E-state index contributed by atoms with van der Waals surface area (Å²) in [7, 11) is -1.84. The molecule has 0 amide bonds. The zero-order chi connectivity index (χ0) is 13.2. The average Bonchev–Trinajstić information content (AvgIpc) is 2.56. The predicted molar refractivity (Wildman–Crippen MR) is 79.9 cm³/mol. The van der Waals surface area contributed by atoms with E-state index in [1.165, 1.54) is 10.4 Å². The van der Waals surface area contributed by atoms with Crippen LogP contribution >= 0.6 is 54.8 Å². The summed E-state index contributed by atoms with van der Waals surface area (Å²) in [5.41, 5.74) is 0. The minimum Gasteiger partial charge on any atom is -0.206 e. The van der Waals surface area contributed by atoms with Crippen LogP contribution in [0.3, 0.4) is 0 Å². The van der Waals surface area contributed by atoms with E-state index in [9.17, 15) is 8.42 Å². The van der Waals surface area contributed by atoms with E-state index in [2.05, 4.69) is 31.9 Å². The Bertz CT molecular complexity index is 468. The molecule has 0 saturated carbocycles. The highest BCUT2D eigenvalue weighted by atomic mass is 79.9. The topological polar surface area (TPSA) is 37.4 Å². The Kier molecular flexibility index (Phi) is 5.94. The van der Waals surface area contributed by atoms with Gasteiger partial charge in [-0.05, 0) is 28.4 Å². The third-order valence-electron chi connectivity index (χ3n) is 2.13. The third-order valence-corrected chi connectivity index (χ3v) is 7.37. The summed E-state index contributed by atoms with van der Waals surface area (Å²) in [6.07, 6.45) is 0.760. The van der Waals surface area contributed by atoms with Gasteiger partial charge in [0, 0.05) is 18.4 Å². The van der Waals surface area contributed by atoms with Gasteiger partial charge in [0.05, 0.1) is 8.81 Å². The summed E-state index contributed by atoms with van der Waals surface area (Å²) >= 11 is 13.6. The molecule has 0 aliphatic rings. The first-order valence-corrected chi connectivity index (χ1v) is 9.14. The van der Waals surface area contributed by atoms with E-state index >= 15 is 0 Å². The highest BCUT2D eigenvalue weighted by molar-refractivity contribution is 9.11. The smallest absolute Gasteiger partial charge is 0.206 e. The van der Waals surface area contributed by atoms with Gasteiger partial charge in [-0.25, -0.2) is 12.7 Å². The highest BCUT2D eigenvalue weighted by Gasteiger charge is 2.24. The Morgan fingerprint density at radius 2 is 2.18 bits per heavy atom. The molecule has 0 aliphatic carbocycles. The van der Waals surface area contributed by atoms with Gasteiger partial charge in [0.2, 0.25) is 0 Å². The van der Waals surface area contributed by atoms with Crippen molar-refractivity contribution in [3.63, 3.8) is 0 Å². The average molecular weight is 426 g/mol. The van der Waals surface area contributed by atoms with Crippen LogP contribution in [-0.4, -0.2) is 31.1 Å². The predicted octanol–water partition coefficient (Wildman–Crippen LogP) is 3.96. The van der Waals surface area contributed by atoms with Gasteiger partial charge in [0.15, 0.2) is 0 Å². The number of hydrogen-bond acceptors (Lipinski definition) is 3. The van der Waals surface area contributed by atoms with Crippen LogP contribution in [0.5, 0.6) is 0 Å². The van der Waals surface area contributed by atoms with Crippen molar-refractivity contribution >= 4 is 64.8 Å². The first-order valence-electron chi connectivity index (χ1n) is 4.80. The molecule has 17 heavy (non-hydrogen) atoms. The molecule has 1 aromatic rings. The quantitative estimate of drug-likeness (QED) is 0.670. The van der Waals surface area contributed by atoms with Crippen LogP contribution in [0.2, 0.25) is 5.02 Å². The van der Waals surface area contributed by atoms with Crippen molar-refractivity contribution in [2.75, 3.05) is 13.6 Å². The van der Waals surface area contributed by atoms with Crippen molar-refractivity contribution in [2.24, 2.45) is 0 Å². The lowest BCUT2D eigenvalue weighted by Crippen LogP contribution is -2.28. The normalized spacial score (nSPS) is 14.2. The molecule has 0 spiro atoms. The summed E-state index contributed by atoms with van der Waals surface area (Å²) in [4.78, 5) is 0.291. The third kappa shape index (κ3) is 4.18. The molecule has 1 aromatic heterocycles. The van der Waals surface area contributed by atoms with Crippen molar-refractivity contribution in [1.82, 2.24) is 4.31 Å². The van der Waals surface area contributed by atoms with Crippen LogP contribution in [0, 0.1) is 0 Å². The van der Waals surface area contributed by atoms with Crippen molar-refractivity contribution in [1.29, 1.82) is 0 Å². The fourth-order valence-corrected chi connectivity index (χ4v) is 5.09. The molecule has 1 unspecified atom stereocenters. The Hall–Kier alpha value is 0.860. The number of alkyl halides is 1. The van der Waals surface area contributed by atoms with Gasteiger partial charge >= 0.3 is 0 Å². The zero-order valence-corrected chi connectivity index (χ0v) is 14.8. The molecular weight excluding hydrogens is 413 g/mol. The van der Waals surface area contributed by atoms with Crippen LogP contribution in [0.4, 0.5) is 0 Å². The van der Waals surface area contributed by atoms with Gasteiger partial charge in [0.25, 0.3) is 10.0 Å². The minimum absolute atomic E-state index is 0.263. The van der Waals surface area contributed by atoms with Crippen LogP contribution < -0.4 is 0 Å². The SMILES string of the molecule is CC(Br)CCN(C)S(=O)(=O)c1cc(Cl)c(Br)s1. The van der Waals surface area contributed by atoms with E-state index in [4.69, 9.17) is 11.6 Å². The number of halogens is 3. The molecule has 1 heterocycles. The van der Waals surface area contributed by atoms with Crippen LogP contribution in [0.15, 0.2) is 14.1 Å². The van der Waals surface area contributed by atoms with E-state index < -0.39 is 10.0 Å². The van der Waals surface area contributed by atoms with Gasteiger partial charge in [-0.15, -0.1) is 11.3 Å². The van der Waals surface area contributed by atoms with E-state index in [-0.39, 0.29) is 4.21 Å². The first kappa shape index (κ1) is 15.9. The molecule has 8 heteroatoms. The Labute approximate surface area is 127 Å². The molecule has 0 aliphatic heterocycles. The maximum atomic E-state index is 12.2. The van der Waals surface area contributed by atoms with Gasteiger partial charge in [-0.1, -0.05) is 34.5 Å². The molecule has 3 nitrogen and oxygen atoms in total. The second-order valence-electron chi connectivity index (χ2n) is 3.58. The van der Waals surface area contributed by atoms with Gasteiger partial charge in [0.1, 0.15) is 4.21 Å². The van der Waals surface area contributed by atoms with Crippen LogP contribution in [0.25, 0.3) is 0 Å². The molecule has 0 fully saturated rings. The molecular formula is C9H12Br2ClNO2S2. The van der Waals surface area contributed by atoms with Crippen molar-refractivity contribution < 1.29 is 8.42 Å². The van der Waals surface area contributed by atoms with E-state index in [0.29, 0.717) is 20.2 Å². The fraction of sp³-hybridized carbons (Fsp3) is 0.556. The van der Waals surface area contributed by atoms with Crippen molar-refractivity contribution in [3.8, 4) is 0 Å². The van der Waals surface area contributed by atoms with E-state index in [0.717, 1.165) is 17.8 Å². The maximum absolute atomic E-state index is 12.2. The lowest BCUT2D eigenvalue weighted by molar-refractivity contribution is 0.464. The van der Waals surface area contributed by atoms with E-state index in [1.54, 1.807) is 7.05 Å². The Morgan fingerprint density at radius 3 is 2.59 bits per heavy atom. The number of rotatable bonds is 5. The largest absolute Gasteiger partial charge is 0.252 e. The lowest BCUT2D eigenvalue weighted by atomic mass is 10.3. The standard InChI is InChI=1S/C9H12Br2ClNO2S2/c1-6(10)3-4-13(2)17(14,15)8-5-7(12)9(11)16-8/h5-6H,3-4H2,1-2H3. The van der Waals surface area contributed by atoms with Gasteiger partial charge in [-0.2, -0.15) is 0 Å². The summed E-state index contributed by atoms with van der Waals surface area (Å²) in [6, 6.07) is 1.47. The molecule has 0 aromatic carbocycles. The Balaban J connectivity index is 2.87. The minimum atomic E-state index is -3.42. The molecule has 0 bridgehead atoms. The van der Waals surface area contributed by atoms with E-state index in [1.807, 2.05) is 6.92 Å².